The van der Waals surface area contributed by atoms with Crippen molar-refractivity contribution in [2.24, 2.45) is 17.3 Å². The van der Waals surface area contributed by atoms with E-state index in [1.165, 1.54) is 11.6 Å². The molecule has 0 saturated heterocycles. The summed E-state index contributed by atoms with van der Waals surface area (Å²) in [7, 11) is 1.52. The lowest BCUT2D eigenvalue weighted by Crippen LogP contribution is -2.29. The van der Waals surface area contributed by atoms with E-state index < -0.39 is 11.2 Å². The van der Waals surface area contributed by atoms with E-state index in [0.29, 0.717) is 30.5 Å². The van der Waals surface area contributed by atoms with Crippen LogP contribution >= 0.6 is 0 Å². The summed E-state index contributed by atoms with van der Waals surface area (Å²) in [5.41, 5.74) is 0.218. The summed E-state index contributed by atoms with van der Waals surface area (Å²) in [6, 6.07) is 16.7. The Morgan fingerprint density at radius 2 is 1.79 bits per heavy atom. The van der Waals surface area contributed by atoms with E-state index >= 15 is 0 Å². The van der Waals surface area contributed by atoms with Gasteiger partial charge in [-0.25, -0.2) is 4.79 Å². The van der Waals surface area contributed by atoms with Crippen LogP contribution in [0.3, 0.4) is 0 Å². The molecule has 0 amide bonds. The molecule has 172 valence electrons. The van der Waals surface area contributed by atoms with Crippen LogP contribution in [-0.2, 0) is 13.6 Å². The van der Waals surface area contributed by atoms with Crippen molar-refractivity contribution >= 4 is 33.7 Å². The third-order valence-corrected chi connectivity index (χ3v) is 5.42. The first-order valence-corrected chi connectivity index (χ1v) is 10.6. The van der Waals surface area contributed by atoms with Crippen molar-refractivity contribution in [2.45, 2.75) is 13.0 Å². The number of nitrogens with one attached hydrogen (secondary N) is 2. The number of aromatic hydroxyl groups is 1. The van der Waals surface area contributed by atoms with E-state index in [1.54, 1.807) is 10.6 Å². The molecule has 0 aliphatic rings. The van der Waals surface area contributed by atoms with Crippen molar-refractivity contribution in [2.75, 3.05) is 6.61 Å². The molecule has 34 heavy (non-hydrogen) atoms. The molecule has 5 rings (SSSR count). The van der Waals surface area contributed by atoms with Crippen LogP contribution in [0.5, 0.6) is 11.6 Å². The smallest absolute Gasteiger partial charge is 0.329 e. The monoisotopic (exact) mass is 459 g/mol. The minimum Gasteiger partial charge on any atom is -0.494 e. The lowest BCUT2D eigenvalue weighted by atomic mass is 10.2. The van der Waals surface area contributed by atoms with Crippen molar-refractivity contribution in [3.05, 3.63) is 75.4 Å². The first kappa shape index (κ1) is 21.2. The SMILES string of the molecule is Cn1c(=O)[nH]c(=O)c2c1nc(N=Nc1c(O)[nH]c3ccccc13)n2CCCOc1ccccc1. The lowest BCUT2D eigenvalue weighted by molar-refractivity contribution is 0.303. The largest absolute Gasteiger partial charge is 0.494 e. The van der Waals surface area contributed by atoms with Crippen molar-refractivity contribution in [1.29, 1.82) is 0 Å². The van der Waals surface area contributed by atoms with E-state index in [1.807, 2.05) is 48.5 Å². The summed E-state index contributed by atoms with van der Waals surface area (Å²) < 4.78 is 8.59. The number of hydrogen-bond donors (Lipinski definition) is 3. The summed E-state index contributed by atoms with van der Waals surface area (Å²) in [6.45, 7) is 0.742. The van der Waals surface area contributed by atoms with E-state index in [0.717, 1.165) is 5.75 Å². The summed E-state index contributed by atoms with van der Waals surface area (Å²) in [5.74, 6) is 0.744. The highest BCUT2D eigenvalue weighted by atomic mass is 16.5. The normalized spacial score (nSPS) is 11.7. The van der Waals surface area contributed by atoms with Gasteiger partial charge in [0.15, 0.2) is 16.9 Å². The maximum atomic E-state index is 12.6. The molecule has 0 radical (unpaired) electrons. The van der Waals surface area contributed by atoms with E-state index in [9.17, 15) is 14.7 Å². The maximum Gasteiger partial charge on any atom is 0.329 e. The number of aryl methyl sites for hydroxylation is 2. The van der Waals surface area contributed by atoms with Gasteiger partial charge in [0.2, 0.25) is 5.88 Å². The van der Waals surface area contributed by atoms with Crippen molar-refractivity contribution in [3.8, 4) is 11.6 Å². The van der Waals surface area contributed by atoms with E-state index in [2.05, 4.69) is 25.2 Å². The van der Waals surface area contributed by atoms with Crippen LogP contribution in [0.25, 0.3) is 22.1 Å². The van der Waals surface area contributed by atoms with Gasteiger partial charge in [-0.1, -0.05) is 36.4 Å². The number of H-pyrrole nitrogens is 2. The van der Waals surface area contributed by atoms with Gasteiger partial charge in [-0.2, -0.15) is 4.98 Å². The Labute approximate surface area is 192 Å². The molecule has 5 aromatic rings. The number of ether oxygens (including phenoxy) is 1. The quantitative estimate of drug-likeness (QED) is 0.252. The predicted octanol–water partition coefficient (Wildman–Crippen LogP) is 3.49. The third-order valence-electron chi connectivity index (χ3n) is 5.42. The zero-order valence-electron chi connectivity index (χ0n) is 18.2. The fraction of sp³-hybridized carbons (Fsp3) is 0.174. The molecule has 0 saturated carbocycles. The van der Waals surface area contributed by atoms with E-state index in [4.69, 9.17) is 4.74 Å². The summed E-state index contributed by atoms with van der Waals surface area (Å²) in [4.78, 5) is 34.2. The Balaban J connectivity index is 1.51. The zero-order chi connectivity index (χ0) is 23.7. The predicted molar refractivity (Wildman–Crippen MR) is 126 cm³/mol. The summed E-state index contributed by atoms with van der Waals surface area (Å²) in [6.07, 6.45) is 0.545. The molecule has 3 heterocycles. The number of nitrogens with zero attached hydrogens (tertiary/aromatic N) is 5. The standard InChI is InChI=1S/C23H21N7O4/c1-29-19-18(21(32)26-23(29)33)30(12-7-13-34-14-8-3-2-4-9-14)22(25-19)28-27-17-15-10-5-6-11-16(15)24-20(17)31/h2-6,8-11,24,31H,7,12-13H2,1H3,(H,26,32,33). The molecule has 3 aromatic heterocycles. The minimum absolute atomic E-state index is 0.130. The van der Waals surface area contributed by atoms with Crippen LogP contribution in [0.1, 0.15) is 6.42 Å². The highest BCUT2D eigenvalue weighted by molar-refractivity contribution is 5.94. The molecule has 0 unspecified atom stereocenters. The molecule has 0 spiro atoms. The van der Waals surface area contributed by atoms with Gasteiger partial charge in [0.05, 0.1) is 12.1 Å². The van der Waals surface area contributed by atoms with Crippen molar-refractivity contribution in [3.63, 3.8) is 0 Å². The van der Waals surface area contributed by atoms with Gasteiger partial charge in [-0.3, -0.25) is 14.3 Å². The second-order valence-corrected chi connectivity index (χ2v) is 7.64. The second kappa shape index (κ2) is 8.70. The molecule has 11 heteroatoms. The van der Waals surface area contributed by atoms with Crippen molar-refractivity contribution in [1.82, 2.24) is 24.1 Å². The Kier molecular flexibility index (Phi) is 5.42. The van der Waals surface area contributed by atoms with Gasteiger partial charge in [-0.05, 0) is 24.6 Å². The lowest BCUT2D eigenvalue weighted by Gasteiger charge is -2.08. The first-order chi connectivity index (χ1) is 16.5. The highest BCUT2D eigenvalue weighted by Crippen LogP contribution is 2.36. The fourth-order valence-electron chi connectivity index (χ4n) is 3.75. The number of fused-ring (bicyclic) bond motifs is 2. The average molecular weight is 459 g/mol. The molecule has 0 bridgehead atoms. The summed E-state index contributed by atoms with van der Waals surface area (Å²) in [5, 5.41) is 19.4. The average Bonchev–Trinajstić information content (AvgIpc) is 3.37. The molecule has 0 aliphatic heterocycles. The van der Waals surface area contributed by atoms with Crippen LogP contribution < -0.4 is 16.0 Å². The van der Waals surface area contributed by atoms with Gasteiger partial charge >= 0.3 is 5.69 Å². The van der Waals surface area contributed by atoms with Gasteiger partial charge in [0.1, 0.15) is 5.75 Å². The van der Waals surface area contributed by atoms with Crippen LogP contribution in [-0.4, -0.2) is 35.8 Å². The Hall–Kier alpha value is -4.67. The Morgan fingerprint density at radius 1 is 1.03 bits per heavy atom. The maximum absolute atomic E-state index is 12.6. The molecular weight excluding hydrogens is 438 g/mol. The minimum atomic E-state index is -0.577. The molecule has 0 aliphatic carbocycles. The van der Waals surface area contributed by atoms with Crippen LogP contribution in [0.2, 0.25) is 0 Å². The molecule has 3 N–H and O–H groups in total. The number of imidazole rings is 1. The number of benzene rings is 2. The number of rotatable bonds is 7. The van der Waals surface area contributed by atoms with Gasteiger partial charge in [0, 0.05) is 19.0 Å². The van der Waals surface area contributed by atoms with Crippen LogP contribution in [0, 0.1) is 0 Å². The Bertz CT molecular complexity index is 1630. The van der Waals surface area contributed by atoms with Gasteiger partial charge < -0.3 is 19.4 Å². The molecule has 2 aromatic carbocycles. The Morgan fingerprint density at radius 3 is 2.62 bits per heavy atom. The number of aromatic nitrogens is 5. The molecule has 11 nitrogen and oxygen atoms in total. The topological polar surface area (TPSA) is 143 Å². The first-order valence-electron chi connectivity index (χ1n) is 10.6. The summed E-state index contributed by atoms with van der Waals surface area (Å²) >= 11 is 0. The highest BCUT2D eigenvalue weighted by Gasteiger charge is 2.18. The van der Waals surface area contributed by atoms with Crippen molar-refractivity contribution < 1.29 is 9.84 Å². The van der Waals surface area contributed by atoms with Gasteiger partial charge in [0.25, 0.3) is 11.5 Å². The number of para-hydroxylation sites is 2. The van der Waals surface area contributed by atoms with E-state index in [-0.39, 0.29) is 28.7 Å². The van der Waals surface area contributed by atoms with Crippen LogP contribution in [0.15, 0.2) is 74.4 Å². The number of hydrogen-bond acceptors (Lipinski definition) is 7. The zero-order valence-corrected chi connectivity index (χ0v) is 18.2. The second-order valence-electron chi connectivity index (χ2n) is 7.64. The molecule has 0 fully saturated rings. The van der Waals surface area contributed by atoms with Gasteiger partial charge in [-0.15, -0.1) is 10.2 Å². The van der Waals surface area contributed by atoms with Crippen LogP contribution in [0.4, 0.5) is 11.6 Å². The third kappa shape index (κ3) is 3.83. The number of azo groups is 1. The fourth-order valence-corrected chi connectivity index (χ4v) is 3.75. The molecule has 0 atom stereocenters. The molecular formula is C23H21N7O4. The number of aromatic amines is 2.